The van der Waals surface area contributed by atoms with Crippen LogP contribution in [0.2, 0.25) is 0 Å². The Morgan fingerprint density at radius 2 is 2.14 bits per heavy atom. The highest BCUT2D eigenvalue weighted by Crippen LogP contribution is 2.28. The van der Waals surface area contributed by atoms with Gasteiger partial charge in [-0.2, -0.15) is 0 Å². The lowest BCUT2D eigenvalue weighted by atomic mass is 10.3. The monoisotopic (exact) mass is 359 g/mol. The molecule has 1 aromatic carbocycles. The molecular formula is C14H22BrN3O3. The van der Waals surface area contributed by atoms with Gasteiger partial charge in [0.25, 0.3) is 0 Å². The van der Waals surface area contributed by atoms with E-state index in [1.54, 1.807) is 25.2 Å². The van der Waals surface area contributed by atoms with Gasteiger partial charge >= 0.3 is 6.03 Å². The summed E-state index contributed by atoms with van der Waals surface area (Å²) in [5.74, 6) is 0.612. The first-order chi connectivity index (χ1) is 9.92. The lowest BCUT2D eigenvalue weighted by Crippen LogP contribution is -2.35. The molecule has 0 fully saturated rings. The van der Waals surface area contributed by atoms with Crippen LogP contribution in [0.3, 0.4) is 0 Å². The van der Waals surface area contributed by atoms with Gasteiger partial charge in [-0.1, -0.05) is 13.8 Å². The normalized spacial score (nSPS) is 12.1. The Kier molecular flexibility index (Phi) is 7.49. The molecule has 1 aromatic rings. The molecule has 0 spiro atoms. The number of aliphatic hydroxyl groups is 1. The van der Waals surface area contributed by atoms with Crippen molar-refractivity contribution in [1.29, 1.82) is 0 Å². The zero-order valence-electron chi connectivity index (χ0n) is 12.4. The quantitative estimate of drug-likeness (QED) is 0.599. The van der Waals surface area contributed by atoms with Crippen molar-refractivity contribution in [2.75, 3.05) is 25.5 Å². The molecule has 0 unspecified atom stereocenters. The molecule has 7 heteroatoms. The summed E-state index contributed by atoms with van der Waals surface area (Å²) in [6.45, 7) is 4.71. The average Bonchev–Trinajstić information content (AvgIpc) is 2.44. The fourth-order valence-electron chi connectivity index (χ4n) is 1.51. The third-order valence-electron chi connectivity index (χ3n) is 2.61. The van der Waals surface area contributed by atoms with Gasteiger partial charge in [0.1, 0.15) is 18.5 Å². The molecule has 0 saturated carbocycles. The zero-order valence-corrected chi connectivity index (χ0v) is 14.0. The van der Waals surface area contributed by atoms with Gasteiger partial charge in [0, 0.05) is 25.3 Å². The maximum atomic E-state index is 11.2. The summed E-state index contributed by atoms with van der Waals surface area (Å²) in [4.78, 5) is 11.2. The fraction of sp³-hybridized carbons (Fsp3) is 0.500. The largest absolute Gasteiger partial charge is 0.490 e. The molecule has 1 rings (SSSR count). The molecule has 21 heavy (non-hydrogen) atoms. The number of anilines is 1. The van der Waals surface area contributed by atoms with Crippen molar-refractivity contribution < 1.29 is 14.6 Å². The smallest absolute Gasteiger partial charge is 0.318 e. The van der Waals surface area contributed by atoms with Crippen LogP contribution in [0.5, 0.6) is 5.75 Å². The summed E-state index contributed by atoms with van der Waals surface area (Å²) < 4.78 is 6.26. The van der Waals surface area contributed by atoms with Gasteiger partial charge in [-0.3, -0.25) is 0 Å². The van der Waals surface area contributed by atoms with Crippen LogP contribution < -0.4 is 20.7 Å². The minimum absolute atomic E-state index is 0.195. The Bertz CT molecular complexity index is 469. The molecule has 0 saturated heterocycles. The van der Waals surface area contributed by atoms with Crippen molar-refractivity contribution in [2.24, 2.45) is 0 Å². The predicted octanol–water partition coefficient (Wildman–Crippen LogP) is 1.94. The number of amides is 2. The second-order valence-electron chi connectivity index (χ2n) is 4.88. The van der Waals surface area contributed by atoms with Crippen LogP contribution in [-0.2, 0) is 0 Å². The van der Waals surface area contributed by atoms with Crippen molar-refractivity contribution >= 4 is 27.6 Å². The van der Waals surface area contributed by atoms with Crippen molar-refractivity contribution in [3.8, 4) is 5.75 Å². The number of nitrogens with one attached hydrogen (secondary N) is 3. The van der Waals surface area contributed by atoms with Crippen LogP contribution >= 0.6 is 15.9 Å². The number of ether oxygens (including phenoxy) is 1. The van der Waals surface area contributed by atoms with Gasteiger partial charge in [0.2, 0.25) is 0 Å². The van der Waals surface area contributed by atoms with E-state index >= 15 is 0 Å². The Morgan fingerprint density at radius 3 is 2.71 bits per heavy atom. The standard InChI is InChI=1S/C14H22BrN3O3/c1-9(2)17-7-11(19)8-21-13-5-4-10(6-12(13)15)18-14(20)16-3/h4-6,9,11,17,19H,7-8H2,1-3H3,(H2,16,18,20)/t11-/m1/s1. The lowest BCUT2D eigenvalue weighted by Gasteiger charge is -2.16. The molecule has 0 bridgehead atoms. The third-order valence-corrected chi connectivity index (χ3v) is 3.23. The Balaban J connectivity index is 2.50. The highest BCUT2D eigenvalue weighted by molar-refractivity contribution is 9.10. The van der Waals surface area contributed by atoms with Crippen molar-refractivity contribution in [2.45, 2.75) is 26.0 Å². The first-order valence-corrected chi connectivity index (χ1v) is 7.54. The minimum Gasteiger partial charge on any atom is -0.490 e. The van der Waals surface area contributed by atoms with E-state index in [1.807, 2.05) is 13.8 Å². The number of aliphatic hydroxyl groups excluding tert-OH is 1. The van der Waals surface area contributed by atoms with E-state index in [4.69, 9.17) is 4.74 Å². The summed E-state index contributed by atoms with van der Waals surface area (Å²) in [7, 11) is 1.55. The van der Waals surface area contributed by atoms with E-state index in [0.717, 1.165) is 0 Å². The van der Waals surface area contributed by atoms with E-state index in [-0.39, 0.29) is 12.6 Å². The molecule has 0 aliphatic heterocycles. The lowest BCUT2D eigenvalue weighted by molar-refractivity contribution is 0.104. The van der Waals surface area contributed by atoms with Gasteiger partial charge < -0.3 is 25.8 Å². The summed E-state index contributed by atoms with van der Waals surface area (Å²) >= 11 is 3.38. The molecule has 6 nitrogen and oxygen atoms in total. The van der Waals surface area contributed by atoms with E-state index in [9.17, 15) is 9.90 Å². The topological polar surface area (TPSA) is 82.6 Å². The Labute approximate surface area is 133 Å². The molecule has 0 heterocycles. The molecule has 0 aliphatic carbocycles. The summed E-state index contributed by atoms with van der Waals surface area (Å²) in [5, 5.41) is 18.1. The third kappa shape index (κ3) is 6.79. The van der Waals surface area contributed by atoms with Gasteiger partial charge in [-0.15, -0.1) is 0 Å². The van der Waals surface area contributed by atoms with Crippen LogP contribution in [0, 0.1) is 0 Å². The van der Waals surface area contributed by atoms with Gasteiger partial charge in [0.05, 0.1) is 4.47 Å². The highest BCUT2D eigenvalue weighted by Gasteiger charge is 2.09. The molecule has 0 aromatic heterocycles. The number of urea groups is 1. The van der Waals surface area contributed by atoms with Crippen molar-refractivity contribution in [3.05, 3.63) is 22.7 Å². The fourth-order valence-corrected chi connectivity index (χ4v) is 2.00. The maximum Gasteiger partial charge on any atom is 0.318 e. The predicted molar refractivity (Wildman–Crippen MR) is 86.9 cm³/mol. The van der Waals surface area contributed by atoms with Crippen LogP contribution in [0.4, 0.5) is 10.5 Å². The number of halogens is 1. The Morgan fingerprint density at radius 1 is 1.43 bits per heavy atom. The number of benzene rings is 1. The van der Waals surface area contributed by atoms with E-state index in [0.29, 0.717) is 28.5 Å². The minimum atomic E-state index is -0.581. The second-order valence-corrected chi connectivity index (χ2v) is 5.73. The highest BCUT2D eigenvalue weighted by atomic mass is 79.9. The summed E-state index contributed by atoms with van der Waals surface area (Å²) in [6, 6.07) is 5.24. The molecule has 0 radical (unpaired) electrons. The first-order valence-electron chi connectivity index (χ1n) is 6.75. The molecule has 0 aliphatic rings. The van der Waals surface area contributed by atoms with Crippen LogP contribution in [-0.4, -0.2) is 43.5 Å². The van der Waals surface area contributed by atoms with Crippen molar-refractivity contribution in [1.82, 2.24) is 10.6 Å². The molecule has 118 valence electrons. The van der Waals surface area contributed by atoms with Crippen LogP contribution in [0.25, 0.3) is 0 Å². The SMILES string of the molecule is CNC(=O)Nc1ccc(OC[C@H](O)CNC(C)C)c(Br)c1. The van der Waals surface area contributed by atoms with Gasteiger partial charge in [-0.05, 0) is 34.1 Å². The number of carbonyl (C=O) groups is 1. The van der Waals surface area contributed by atoms with E-state index < -0.39 is 6.10 Å². The molecule has 2 amide bonds. The van der Waals surface area contributed by atoms with Crippen LogP contribution in [0.15, 0.2) is 22.7 Å². The summed E-state index contributed by atoms with van der Waals surface area (Å²) in [6.07, 6.45) is -0.581. The molecular weight excluding hydrogens is 338 g/mol. The first kappa shape index (κ1) is 17.7. The van der Waals surface area contributed by atoms with Crippen molar-refractivity contribution in [3.63, 3.8) is 0 Å². The maximum absolute atomic E-state index is 11.2. The van der Waals surface area contributed by atoms with Crippen LogP contribution in [0.1, 0.15) is 13.8 Å². The number of carbonyl (C=O) groups excluding carboxylic acids is 1. The molecule has 4 N–H and O–H groups in total. The number of hydrogen-bond donors (Lipinski definition) is 4. The Hall–Kier alpha value is -1.31. The van der Waals surface area contributed by atoms with E-state index in [1.165, 1.54) is 0 Å². The number of rotatable bonds is 7. The number of hydrogen-bond acceptors (Lipinski definition) is 4. The van der Waals surface area contributed by atoms with E-state index in [2.05, 4.69) is 31.9 Å². The molecule has 1 atom stereocenters. The van der Waals surface area contributed by atoms with Gasteiger partial charge in [0.15, 0.2) is 0 Å². The zero-order chi connectivity index (χ0) is 15.8. The van der Waals surface area contributed by atoms with Gasteiger partial charge in [-0.25, -0.2) is 4.79 Å². The summed E-state index contributed by atoms with van der Waals surface area (Å²) in [5.41, 5.74) is 0.649. The second kappa shape index (κ2) is 8.86. The average molecular weight is 360 g/mol.